The summed E-state index contributed by atoms with van der Waals surface area (Å²) in [6.45, 7) is 5.45. The van der Waals surface area contributed by atoms with Crippen molar-refractivity contribution in [1.29, 1.82) is 0 Å². The number of carbonyl (C=O) groups excluding carboxylic acids is 2. The Labute approximate surface area is 238 Å². The molecule has 1 aliphatic rings. The van der Waals surface area contributed by atoms with Crippen LogP contribution in [0.1, 0.15) is 43.9 Å². The molecule has 2 aromatic rings. The zero-order chi connectivity index (χ0) is 30.5. The minimum atomic E-state index is -1.26. The number of esters is 1. The number of amides is 1. The van der Waals surface area contributed by atoms with Crippen molar-refractivity contribution in [1.82, 2.24) is 10.2 Å². The van der Waals surface area contributed by atoms with Crippen molar-refractivity contribution in [3.05, 3.63) is 83.4 Å². The molecule has 0 bridgehead atoms. The molecule has 1 heterocycles. The highest BCUT2D eigenvalue weighted by atomic mass is 16.5. The van der Waals surface area contributed by atoms with E-state index in [-0.39, 0.29) is 25.0 Å². The van der Waals surface area contributed by atoms with Crippen LogP contribution in [-0.2, 0) is 48.1 Å². The highest BCUT2D eigenvalue weighted by molar-refractivity contribution is 5.90. The number of nitrogens with zero attached hydrogens (tertiary/aromatic N) is 1. The molecule has 4 N–H and O–H groups in total. The van der Waals surface area contributed by atoms with Gasteiger partial charge in [0.25, 0.3) is 0 Å². The van der Waals surface area contributed by atoms with Gasteiger partial charge in [-0.1, -0.05) is 54.6 Å². The zero-order valence-electron chi connectivity index (χ0n) is 23.2. The molecule has 0 saturated heterocycles. The molecule has 0 aromatic heterocycles. The van der Waals surface area contributed by atoms with E-state index in [0.29, 0.717) is 25.0 Å². The van der Waals surface area contributed by atoms with Crippen LogP contribution in [0.4, 0.5) is 0 Å². The van der Waals surface area contributed by atoms with Crippen LogP contribution in [-0.4, -0.2) is 74.2 Å². The van der Waals surface area contributed by atoms with E-state index in [1.807, 2.05) is 54.6 Å². The van der Waals surface area contributed by atoms with E-state index in [2.05, 4.69) is 5.32 Å². The normalized spacial score (nSPS) is 15.7. The lowest BCUT2D eigenvalue weighted by Gasteiger charge is -2.36. The predicted molar refractivity (Wildman–Crippen MR) is 149 cm³/mol. The number of ether oxygens (including phenoxy) is 1. The van der Waals surface area contributed by atoms with Crippen LogP contribution in [0.15, 0.2) is 66.7 Å². The van der Waals surface area contributed by atoms with E-state index < -0.39 is 42.0 Å². The summed E-state index contributed by atoms with van der Waals surface area (Å²) in [5.41, 5.74) is 2.96. The number of nitrogens with one attached hydrogen (secondary N) is 1. The number of rotatable bonds is 11. The molecule has 0 unspecified atom stereocenters. The number of carbonyl (C=O) groups is 5. The van der Waals surface area contributed by atoms with Crippen molar-refractivity contribution in [2.24, 2.45) is 0 Å². The van der Waals surface area contributed by atoms with Crippen LogP contribution in [0.2, 0.25) is 0 Å². The lowest BCUT2D eigenvalue weighted by Crippen LogP contribution is -2.56. The van der Waals surface area contributed by atoms with Gasteiger partial charge in [0.15, 0.2) is 0 Å². The maximum Gasteiger partial charge on any atom is 0.328 e. The molecule has 11 nitrogen and oxygen atoms in total. The molecule has 0 saturated carbocycles. The van der Waals surface area contributed by atoms with Crippen molar-refractivity contribution < 1.29 is 44.0 Å². The predicted octanol–water partition coefficient (Wildman–Crippen LogP) is 2.67. The van der Waals surface area contributed by atoms with Crippen LogP contribution in [0, 0.1) is 0 Å². The van der Waals surface area contributed by atoms with Crippen molar-refractivity contribution >= 4 is 29.8 Å². The fourth-order valence-electron chi connectivity index (χ4n) is 4.28. The van der Waals surface area contributed by atoms with E-state index in [4.69, 9.17) is 14.9 Å². The van der Waals surface area contributed by atoms with Gasteiger partial charge in [-0.3, -0.25) is 14.9 Å². The maximum atomic E-state index is 13.3. The van der Waals surface area contributed by atoms with Gasteiger partial charge in [0.1, 0.15) is 12.1 Å². The van der Waals surface area contributed by atoms with Crippen LogP contribution in [0.3, 0.4) is 0 Å². The van der Waals surface area contributed by atoms with Crippen LogP contribution in [0.25, 0.3) is 0 Å². The number of hydrogen-bond donors (Lipinski definition) is 4. The summed E-state index contributed by atoms with van der Waals surface area (Å²) in [5, 5.41) is 28.5. The summed E-state index contributed by atoms with van der Waals surface area (Å²) in [7, 11) is 0. The number of aryl methyl sites for hydroxylation is 1. The van der Waals surface area contributed by atoms with Gasteiger partial charge in [-0.05, 0) is 50.3 Å². The van der Waals surface area contributed by atoms with Crippen LogP contribution >= 0.6 is 0 Å². The van der Waals surface area contributed by atoms with Gasteiger partial charge in [-0.15, -0.1) is 0 Å². The number of fused-ring (bicyclic) bond motifs is 1. The third-order valence-corrected chi connectivity index (χ3v) is 6.21. The molecule has 3 atom stereocenters. The Morgan fingerprint density at radius 1 is 0.902 bits per heavy atom. The Morgan fingerprint density at radius 3 is 2.00 bits per heavy atom. The van der Waals surface area contributed by atoms with Crippen molar-refractivity contribution in [2.75, 3.05) is 0 Å². The van der Waals surface area contributed by atoms with Gasteiger partial charge in [-0.2, -0.15) is 0 Å². The smallest absolute Gasteiger partial charge is 0.328 e. The fraction of sp³-hybridized carbons (Fsp3) is 0.367. The molecular formula is C30H36N2O9. The summed E-state index contributed by atoms with van der Waals surface area (Å²) >= 11 is 0. The van der Waals surface area contributed by atoms with Crippen molar-refractivity contribution in [3.8, 4) is 0 Å². The van der Waals surface area contributed by atoms with E-state index in [9.17, 15) is 29.1 Å². The fourth-order valence-corrected chi connectivity index (χ4v) is 4.28. The minimum absolute atomic E-state index is 0.225. The van der Waals surface area contributed by atoms with Crippen molar-refractivity contribution in [3.63, 3.8) is 0 Å². The standard InChI is InChI=1S/C26H32N2O5.C4H4O4/c1-17(2)33-26(32)22(14-13-19-9-5-4-6-10-19)27-18(3)24(29)28-16-21-12-8-7-11-20(21)15-23(28)25(30)31;5-3(6)1-2-4(7)8/h4-12,17-18,22-23,27H,13-16H2,1-3H3,(H,30,31);1-2H,(H,5,6)(H,7,8)/b;2-1-/t18-,22-,23-;/m0./s1. The first-order chi connectivity index (χ1) is 19.4. The molecule has 0 aliphatic carbocycles. The summed E-state index contributed by atoms with van der Waals surface area (Å²) in [6.07, 6.45) is 2.20. The third kappa shape index (κ3) is 10.9. The van der Waals surface area contributed by atoms with E-state index in [1.165, 1.54) is 4.90 Å². The summed E-state index contributed by atoms with van der Waals surface area (Å²) in [4.78, 5) is 58.5. The Bertz CT molecular complexity index is 1230. The summed E-state index contributed by atoms with van der Waals surface area (Å²) in [5.74, 6) is -4.32. The SMILES string of the molecule is CC(C)OC(=O)[C@H](CCc1ccccc1)N[C@@H](C)C(=O)N1Cc2ccccc2C[C@H]1C(=O)O.O=C(O)/C=C\C(=O)O. The molecule has 220 valence electrons. The molecule has 11 heteroatoms. The van der Waals surface area contributed by atoms with E-state index >= 15 is 0 Å². The molecule has 3 rings (SSSR count). The van der Waals surface area contributed by atoms with E-state index in [1.54, 1.807) is 20.8 Å². The molecule has 2 aromatic carbocycles. The maximum absolute atomic E-state index is 13.3. The second-order valence-corrected chi connectivity index (χ2v) is 9.75. The van der Waals surface area contributed by atoms with Gasteiger partial charge >= 0.3 is 23.9 Å². The van der Waals surface area contributed by atoms with Gasteiger partial charge in [-0.25, -0.2) is 14.4 Å². The number of benzene rings is 2. The summed E-state index contributed by atoms with van der Waals surface area (Å²) in [6, 6.07) is 15.0. The molecule has 1 amide bonds. The Hall–Kier alpha value is -4.51. The average Bonchev–Trinajstić information content (AvgIpc) is 2.93. The summed E-state index contributed by atoms with van der Waals surface area (Å²) < 4.78 is 5.41. The number of hydrogen-bond acceptors (Lipinski definition) is 7. The first-order valence-corrected chi connectivity index (χ1v) is 13.1. The highest BCUT2D eigenvalue weighted by Gasteiger charge is 2.37. The Balaban J connectivity index is 0.000000642. The Morgan fingerprint density at radius 2 is 1.46 bits per heavy atom. The van der Waals surface area contributed by atoms with Gasteiger partial charge < -0.3 is 25.0 Å². The van der Waals surface area contributed by atoms with Gasteiger partial charge in [0.2, 0.25) is 5.91 Å². The molecular weight excluding hydrogens is 532 g/mol. The van der Waals surface area contributed by atoms with E-state index in [0.717, 1.165) is 16.7 Å². The van der Waals surface area contributed by atoms with Gasteiger partial charge in [0.05, 0.1) is 12.1 Å². The largest absolute Gasteiger partial charge is 0.480 e. The second kappa shape index (κ2) is 15.9. The average molecular weight is 569 g/mol. The minimum Gasteiger partial charge on any atom is -0.480 e. The number of carboxylic acid groups (broad SMARTS) is 3. The zero-order valence-corrected chi connectivity index (χ0v) is 23.2. The number of aliphatic carboxylic acids is 3. The first kappa shape index (κ1) is 32.7. The lowest BCUT2D eigenvalue weighted by molar-refractivity contribution is -0.154. The van der Waals surface area contributed by atoms with Crippen LogP contribution in [0.5, 0.6) is 0 Å². The van der Waals surface area contributed by atoms with Crippen molar-refractivity contribution in [2.45, 2.75) is 70.8 Å². The Kier molecular flexibility index (Phi) is 12.7. The highest BCUT2D eigenvalue weighted by Crippen LogP contribution is 2.24. The quantitative estimate of drug-likeness (QED) is 0.233. The lowest BCUT2D eigenvalue weighted by atomic mass is 9.93. The monoisotopic (exact) mass is 568 g/mol. The molecule has 0 radical (unpaired) electrons. The first-order valence-electron chi connectivity index (χ1n) is 13.1. The third-order valence-electron chi connectivity index (χ3n) is 6.21. The topological polar surface area (TPSA) is 171 Å². The van der Waals surface area contributed by atoms with Gasteiger partial charge in [0, 0.05) is 25.1 Å². The molecule has 41 heavy (non-hydrogen) atoms. The molecule has 0 spiro atoms. The second-order valence-electron chi connectivity index (χ2n) is 9.75. The molecule has 0 fully saturated rings. The molecule has 1 aliphatic heterocycles. The van der Waals surface area contributed by atoms with Crippen LogP contribution < -0.4 is 5.32 Å². The number of carboxylic acids is 3.